The molecule has 2 aromatic carbocycles. The van der Waals surface area contributed by atoms with Crippen molar-refractivity contribution >= 4 is 48.9 Å². The lowest BCUT2D eigenvalue weighted by atomic mass is 10.2. The Labute approximate surface area is 131 Å². The number of carboxylic acids is 1. The van der Waals surface area contributed by atoms with Crippen LogP contribution in [0.5, 0.6) is 0 Å². The van der Waals surface area contributed by atoms with Gasteiger partial charge in [0.15, 0.2) is 0 Å². The summed E-state index contributed by atoms with van der Waals surface area (Å²) >= 11 is 7.04. The summed E-state index contributed by atoms with van der Waals surface area (Å²) in [5.74, 6) is -0.955. The van der Waals surface area contributed by atoms with Crippen molar-refractivity contribution in [1.82, 2.24) is 9.55 Å². The summed E-state index contributed by atoms with van der Waals surface area (Å²) in [5.41, 5.74) is 2.65. The molecule has 100 valence electrons. The van der Waals surface area contributed by atoms with Crippen LogP contribution < -0.4 is 0 Å². The molecule has 4 nitrogen and oxygen atoms in total. The first kappa shape index (κ1) is 13.3. The van der Waals surface area contributed by atoms with Gasteiger partial charge in [-0.05, 0) is 62.2 Å². The quantitative estimate of drug-likeness (QED) is 0.705. The number of hydrogen-bond donors (Lipinski definition) is 1. The molecule has 0 radical (unpaired) electrons. The fourth-order valence-electron chi connectivity index (χ4n) is 2.04. The normalized spacial score (nSPS) is 10.9. The predicted molar refractivity (Wildman–Crippen MR) is 83.4 cm³/mol. The van der Waals surface area contributed by atoms with Gasteiger partial charge in [0.1, 0.15) is 6.33 Å². The molecule has 3 rings (SSSR count). The lowest BCUT2D eigenvalue weighted by Gasteiger charge is -2.09. The molecule has 0 fully saturated rings. The summed E-state index contributed by atoms with van der Waals surface area (Å²) in [6.07, 6.45) is 1.68. The van der Waals surface area contributed by atoms with Crippen molar-refractivity contribution in [2.45, 2.75) is 0 Å². The maximum Gasteiger partial charge on any atom is 0.335 e. The second-order valence-corrected chi connectivity index (χ2v) is 5.90. The summed E-state index contributed by atoms with van der Waals surface area (Å²) in [7, 11) is 0. The average molecular weight is 396 g/mol. The summed E-state index contributed by atoms with van der Waals surface area (Å²) in [6.45, 7) is 0. The molecule has 0 saturated heterocycles. The van der Waals surface area contributed by atoms with E-state index in [1.165, 1.54) is 0 Å². The van der Waals surface area contributed by atoms with Crippen LogP contribution in [0.25, 0.3) is 16.7 Å². The van der Waals surface area contributed by atoms with E-state index in [-0.39, 0.29) is 5.56 Å². The third-order valence-electron chi connectivity index (χ3n) is 2.97. The van der Waals surface area contributed by atoms with Gasteiger partial charge in [-0.15, -0.1) is 0 Å². The van der Waals surface area contributed by atoms with Crippen LogP contribution in [-0.4, -0.2) is 20.6 Å². The van der Waals surface area contributed by atoms with Crippen LogP contribution in [0.15, 0.2) is 51.7 Å². The fraction of sp³-hybridized carbons (Fsp3) is 0. The smallest absolute Gasteiger partial charge is 0.335 e. The van der Waals surface area contributed by atoms with Crippen LogP contribution in [0.3, 0.4) is 0 Å². The molecule has 0 atom stereocenters. The number of nitrogens with zero attached hydrogens (tertiary/aromatic N) is 2. The van der Waals surface area contributed by atoms with E-state index >= 15 is 0 Å². The Bertz CT molecular complexity index is 807. The monoisotopic (exact) mass is 394 g/mol. The number of aromatic nitrogens is 2. The predicted octanol–water partition coefficient (Wildman–Crippen LogP) is 4.25. The van der Waals surface area contributed by atoms with Crippen LogP contribution in [0.4, 0.5) is 0 Å². The first-order valence-corrected chi connectivity index (χ1v) is 7.31. The molecular weight excluding hydrogens is 388 g/mol. The van der Waals surface area contributed by atoms with Gasteiger partial charge in [-0.1, -0.05) is 6.07 Å². The molecule has 0 amide bonds. The van der Waals surface area contributed by atoms with Crippen molar-refractivity contribution < 1.29 is 9.90 Å². The first-order chi connectivity index (χ1) is 9.58. The molecule has 0 spiro atoms. The van der Waals surface area contributed by atoms with Crippen molar-refractivity contribution in [3.63, 3.8) is 0 Å². The maximum absolute atomic E-state index is 11.0. The number of fused-ring (bicyclic) bond motifs is 1. The van der Waals surface area contributed by atoms with Gasteiger partial charge in [-0.2, -0.15) is 0 Å². The topological polar surface area (TPSA) is 55.1 Å². The van der Waals surface area contributed by atoms with Gasteiger partial charge < -0.3 is 5.11 Å². The number of benzene rings is 2. The van der Waals surface area contributed by atoms with Crippen LogP contribution in [0.2, 0.25) is 0 Å². The summed E-state index contributed by atoms with van der Waals surface area (Å²) in [6, 6.07) is 10.7. The standard InChI is InChI=1S/C14H8Br2N2O2/c15-9-2-1-3-10(16)13(9)18-7-17-11-6-8(14(19)20)4-5-12(11)18/h1-7H,(H,19,20). The minimum Gasteiger partial charge on any atom is -0.478 e. The highest BCUT2D eigenvalue weighted by Crippen LogP contribution is 2.31. The highest BCUT2D eigenvalue weighted by Gasteiger charge is 2.12. The number of carbonyl (C=O) groups is 1. The summed E-state index contributed by atoms with van der Waals surface area (Å²) in [5, 5.41) is 9.01. The third-order valence-corrected chi connectivity index (χ3v) is 4.25. The average Bonchev–Trinajstić information content (AvgIpc) is 2.81. The second kappa shape index (κ2) is 5.03. The SMILES string of the molecule is O=C(O)c1ccc2c(c1)ncn2-c1c(Br)cccc1Br. The molecule has 0 unspecified atom stereocenters. The lowest BCUT2D eigenvalue weighted by molar-refractivity contribution is 0.0697. The number of aromatic carboxylic acids is 1. The van der Waals surface area contributed by atoms with Gasteiger partial charge in [0.2, 0.25) is 0 Å². The van der Waals surface area contributed by atoms with Crippen molar-refractivity contribution in [3.05, 3.63) is 57.2 Å². The van der Waals surface area contributed by atoms with Gasteiger partial charge in [-0.25, -0.2) is 9.78 Å². The van der Waals surface area contributed by atoms with Gasteiger partial charge in [-0.3, -0.25) is 4.57 Å². The molecule has 1 aromatic heterocycles. The molecule has 0 aliphatic rings. The van der Waals surface area contributed by atoms with Crippen molar-refractivity contribution in [1.29, 1.82) is 0 Å². The molecule has 1 heterocycles. The Morgan fingerprint density at radius 1 is 1.15 bits per heavy atom. The Morgan fingerprint density at radius 2 is 1.85 bits per heavy atom. The van der Waals surface area contributed by atoms with Gasteiger partial charge in [0.25, 0.3) is 0 Å². The molecule has 3 aromatic rings. The van der Waals surface area contributed by atoms with Crippen LogP contribution in [0.1, 0.15) is 10.4 Å². The zero-order valence-electron chi connectivity index (χ0n) is 10.0. The summed E-state index contributed by atoms with van der Waals surface area (Å²) in [4.78, 5) is 15.3. The first-order valence-electron chi connectivity index (χ1n) is 5.72. The Balaban J connectivity index is 2.26. The molecule has 0 bridgehead atoms. The largest absolute Gasteiger partial charge is 0.478 e. The zero-order valence-corrected chi connectivity index (χ0v) is 13.2. The van der Waals surface area contributed by atoms with Crippen LogP contribution in [0, 0.1) is 0 Å². The third kappa shape index (κ3) is 2.14. The van der Waals surface area contributed by atoms with Gasteiger partial charge in [0.05, 0.1) is 22.3 Å². The number of halogens is 2. The molecule has 6 heteroatoms. The zero-order chi connectivity index (χ0) is 14.3. The second-order valence-electron chi connectivity index (χ2n) is 4.19. The van der Waals surface area contributed by atoms with E-state index in [4.69, 9.17) is 5.11 Å². The summed E-state index contributed by atoms with van der Waals surface area (Å²) < 4.78 is 3.76. The van der Waals surface area contributed by atoms with Crippen LogP contribution in [-0.2, 0) is 0 Å². The van der Waals surface area contributed by atoms with Crippen LogP contribution >= 0.6 is 31.9 Å². The Kier molecular flexibility index (Phi) is 3.35. The molecular formula is C14H8Br2N2O2. The van der Waals surface area contributed by atoms with E-state index in [1.54, 1.807) is 24.5 Å². The van der Waals surface area contributed by atoms with E-state index < -0.39 is 5.97 Å². The number of hydrogen-bond acceptors (Lipinski definition) is 2. The highest BCUT2D eigenvalue weighted by molar-refractivity contribution is 9.11. The number of para-hydroxylation sites is 1. The minimum atomic E-state index is -0.955. The molecule has 1 N–H and O–H groups in total. The van der Waals surface area contributed by atoms with E-state index in [1.807, 2.05) is 22.8 Å². The lowest BCUT2D eigenvalue weighted by Crippen LogP contribution is -1.97. The molecule has 0 saturated carbocycles. The Morgan fingerprint density at radius 3 is 2.50 bits per heavy atom. The van der Waals surface area contributed by atoms with E-state index in [0.29, 0.717) is 5.52 Å². The van der Waals surface area contributed by atoms with Crippen molar-refractivity contribution in [2.24, 2.45) is 0 Å². The van der Waals surface area contributed by atoms with Gasteiger partial charge in [0, 0.05) is 8.95 Å². The fourth-order valence-corrected chi connectivity index (χ4v) is 3.42. The Hall–Kier alpha value is -1.66. The minimum absolute atomic E-state index is 0.231. The molecule has 0 aliphatic heterocycles. The van der Waals surface area contributed by atoms with E-state index in [2.05, 4.69) is 36.8 Å². The number of carboxylic acid groups (broad SMARTS) is 1. The number of rotatable bonds is 2. The number of imidazole rings is 1. The van der Waals surface area contributed by atoms with Crippen molar-refractivity contribution in [2.75, 3.05) is 0 Å². The van der Waals surface area contributed by atoms with Crippen molar-refractivity contribution in [3.8, 4) is 5.69 Å². The molecule has 20 heavy (non-hydrogen) atoms. The maximum atomic E-state index is 11.0. The van der Waals surface area contributed by atoms with E-state index in [0.717, 1.165) is 20.1 Å². The highest BCUT2D eigenvalue weighted by atomic mass is 79.9. The van der Waals surface area contributed by atoms with Gasteiger partial charge >= 0.3 is 5.97 Å². The van der Waals surface area contributed by atoms with E-state index in [9.17, 15) is 4.79 Å². The molecule has 0 aliphatic carbocycles.